The van der Waals surface area contributed by atoms with Gasteiger partial charge in [-0.3, -0.25) is 4.79 Å². The molecule has 0 saturated heterocycles. The average Bonchev–Trinajstić information content (AvgIpc) is 2.35. The highest BCUT2D eigenvalue weighted by Gasteiger charge is 2.40. The van der Waals surface area contributed by atoms with Crippen molar-refractivity contribution in [3.8, 4) is 0 Å². The van der Waals surface area contributed by atoms with Gasteiger partial charge in [-0.1, -0.05) is 38.4 Å². The molecule has 1 fully saturated rings. The molecule has 0 heterocycles. The summed E-state index contributed by atoms with van der Waals surface area (Å²) < 4.78 is 15.0. The van der Waals surface area contributed by atoms with E-state index in [9.17, 15) is 9.18 Å². The van der Waals surface area contributed by atoms with Gasteiger partial charge in [-0.2, -0.15) is 0 Å². The first-order valence-corrected chi connectivity index (χ1v) is 8.09. The number of carbonyl (C=O) groups is 1. The van der Waals surface area contributed by atoms with E-state index in [0.717, 1.165) is 12.8 Å². The fourth-order valence-corrected chi connectivity index (χ4v) is 3.65. The predicted molar refractivity (Wildman–Crippen MR) is 83.6 cm³/mol. The highest BCUT2D eigenvalue weighted by Crippen LogP contribution is 2.43. The molecule has 1 aliphatic carbocycles. The Labute approximate surface area is 133 Å². The molecule has 0 radical (unpaired) electrons. The van der Waals surface area contributed by atoms with Gasteiger partial charge in [-0.25, -0.2) is 4.39 Å². The summed E-state index contributed by atoms with van der Waals surface area (Å²) in [4.78, 5) is 12.3. The van der Waals surface area contributed by atoms with E-state index >= 15 is 0 Å². The number of carbonyl (C=O) groups excluding carboxylic acids is 1. The van der Waals surface area contributed by atoms with Crippen molar-refractivity contribution in [2.75, 3.05) is 0 Å². The Bertz CT molecular complexity index is 542. The van der Waals surface area contributed by atoms with Gasteiger partial charge >= 0.3 is 0 Å². The molecule has 1 saturated carbocycles. The maximum Gasteiger partial charge on any atom is 0.146 e. The summed E-state index contributed by atoms with van der Waals surface area (Å²) in [7, 11) is 0. The molecule has 1 nitrogen and oxygen atoms in total. The lowest BCUT2D eigenvalue weighted by atomic mass is 9.65. The van der Waals surface area contributed by atoms with Crippen LogP contribution in [0.25, 0.3) is 0 Å². The van der Waals surface area contributed by atoms with Gasteiger partial charge in [0, 0.05) is 22.2 Å². The Kier molecular flexibility index (Phi) is 4.60. The molecule has 0 amide bonds. The minimum absolute atomic E-state index is 0.0900. The molecule has 0 N–H and O–H groups in total. The summed E-state index contributed by atoms with van der Waals surface area (Å²) in [5.74, 6) is 0.128. The normalized spacial score (nSPS) is 24.0. The molecule has 0 spiro atoms. The van der Waals surface area contributed by atoms with Crippen LogP contribution in [0.1, 0.15) is 45.6 Å². The van der Waals surface area contributed by atoms with Gasteiger partial charge in [-0.15, -0.1) is 0 Å². The van der Waals surface area contributed by atoms with Crippen LogP contribution >= 0.6 is 27.5 Å². The van der Waals surface area contributed by atoms with E-state index in [4.69, 9.17) is 11.6 Å². The predicted octanol–water partition coefficient (Wildman–Crippen LogP) is 5.52. The van der Waals surface area contributed by atoms with E-state index in [1.807, 2.05) is 13.8 Å². The number of rotatable bonds is 2. The largest absolute Gasteiger partial charge is 0.299 e. The molecule has 1 aliphatic rings. The minimum Gasteiger partial charge on any atom is -0.299 e. The molecule has 20 heavy (non-hydrogen) atoms. The summed E-state index contributed by atoms with van der Waals surface area (Å²) >= 11 is 9.20. The third-order valence-corrected chi connectivity index (χ3v) is 5.75. The van der Waals surface area contributed by atoms with Crippen molar-refractivity contribution in [1.82, 2.24) is 0 Å². The van der Waals surface area contributed by atoms with Gasteiger partial charge in [0.15, 0.2) is 0 Å². The summed E-state index contributed by atoms with van der Waals surface area (Å²) in [5.41, 5.74) is -0.00958. The van der Waals surface area contributed by atoms with Crippen LogP contribution in [-0.4, -0.2) is 5.78 Å². The second-order valence-electron chi connectivity index (χ2n) is 6.35. The van der Waals surface area contributed by atoms with Gasteiger partial charge in [0.05, 0.1) is 5.02 Å². The zero-order chi connectivity index (χ0) is 15.1. The van der Waals surface area contributed by atoms with Crippen molar-refractivity contribution in [2.24, 2.45) is 11.8 Å². The summed E-state index contributed by atoms with van der Waals surface area (Å²) in [6.07, 6.45) is 2.44. The second-order valence-corrected chi connectivity index (χ2v) is 7.58. The monoisotopic (exact) mass is 360 g/mol. The Balaban J connectivity index is 2.40. The van der Waals surface area contributed by atoms with Crippen molar-refractivity contribution in [3.05, 3.63) is 33.0 Å². The van der Waals surface area contributed by atoms with Gasteiger partial charge < -0.3 is 0 Å². The van der Waals surface area contributed by atoms with Crippen LogP contribution in [0.4, 0.5) is 4.39 Å². The maximum atomic E-state index is 14.4. The van der Waals surface area contributed by atoms with Crippen molar-refractivity contribution >= 4 is 33.3 Å². The molecule has 1 aromatic carbocycles. The Morgan fingerprint density at radius 2 is 2.00 bits per heavy atom. The van der Waals surface area contributed by atoms with Crippen LogP contribution in [0.15, 0.2) is 16.6 Å². The summed E-state index contributed by atoms with van der Waals surface area (Å²) in [6.45, 7) is 5.97. The molecule has 0 aromatic heterocycles. The molecule has 1 aromatic rings. The first-order valence-electron chi connectivity index (χ1n) is 6.91. The number of benzene rings is 1. The van der Waals surface area contributed by atoms with Crippen LogP contribution in [0.2, 0.25) is 5.02 Å². The maximum absolute atomic E-state index is 14.4. The number of halogens is 3. The van der Waals surface area contributed by atoms with E-state index in [0.29, 0.717) is 22.4 Å². The first kappa shape index (κ1) is 16.0. The van der Waals surface area contributed by atoms with E-state index in [1.165, 1.54) is 0 Å². The zero-order valence-electron chi connectivity index (χ0n) is 12.0. The SMILES string of the molecule is CC1CCC(C(C)(C)c2ccc(Br)c(Cl)c2F)C(=O)C1. The van der Waals surface area contributed by atoms with Crippen LogP contribution in [0.3, 0.4) is 0 Å². The fraction of sp³-hybridized carbons (Fsp3) is 0.562. The number of ketones is 1. The van der Waals surface area contributed by atoms with Crippen molar-refractivity contribution in [2.45, 2.75) is 45.4 Å². The molecular formula is C16H19BrClFO. The molecule has 0 bridgehead atoms. The van der Waals surface area contributed by atoms with Crippen LogP contribution in [-0.2, 0) is 10.2 Å². The van der Waals surface area contributed by atoms with E-state index in [2.05, 4.69) is 22.9 Å². The minimum atomic E-state index is -0.536. The Hall–Kier alpha value is -0.410. The zero-order valence-corrected chi connectivity index (χ0v) is 14.3. The molecule has 2 rings (SSSR count). The highest BCUT2D eigenvalue weighted by molar-refractivity contribution is 9.10. The molecular weight excluding hydrogens is 343 g/mol. The lowest BCUT2D eigenvalue weighted by Crippen LogP contribution is -2.39. The lowest BCUT2D eigenvalue weighted by molar-refractivity contribution is -0.128. The van der Waals surface area contributed by atoms with E-state index in [1.54, 1.807) is 12.1 Å². The molecule has 2 unspecified atom stereocenters. The standard InChI is InChI=1S/C16H19BrClFO/c1-9-4-5-10(13(20)8-9)16(2,3)11-6-7-12(17)14(18)15(11)19/h6-7,9-10H,4-5,8H2,1-3H3. The lowest BCUT2D eigenvalue weighted by Gasteiger charge is -2.38. The molecule has 4 heteroatoms. The van der Waals surface area contributed by atoms with Gasteiger partial charge in [0.2, 0.25) is 0 Å². The smallest absolute Gasteiger partial charge is 0.146 e. The first-order chi connectivity index (χ1) is 9.25. The molecule has 110 valence electrons. The third-order valence-electron chi connectivity index (χ3n) is 4.49. The fourth-order valence-electron chi connectivity index (χ4n) is 3.17. The van der Waals surface area contributed by atoms with Gasteiger partial charge in [-0.05, 0) is 46.3 Å². The van der Waals surface area contributed by atoms with Crippen molar-refractivity contribution < 1.29 is 9.18 Å². The van der Waals surface area contributed by atoms with Crippen molar-refractivity contribution in [3.63, 3.8) is 0 Å². The topological polar surface area (TPSA) is 17.1 Å². The van der Waals surface area contributed by atoms with Gasteiger partial charge in [0.25, 0.3) is 0 Å². The van der Waals surface area contributed by atoms with Crippen molar-refractivity contribution in [1.29, 1.82) is 0 Å². The molecule has 0 aliphatic heterocycles. The third kappa shape index (κ3) is 2.80. The van der Waals surface area contributed by atoms with Gasteiger partial charge in [0.1, 0.15) is 11.6 Å². The number of hydrogen-bond donors (Lipinski definition) is 0. The van der Waals surface area contributed by atoms with E-state index < -0.39 is 11.2 Å². The van der Waals surface area contributed by atoms with Crippen LogP contribution < -0.4 is 0 Å². The Morgan fingerprint density at radius 1 is 1.35 bits per heavy atom. The second kappa shape index (κ2) is 5.76. The summed E-state index contributed by atoms with van der Waals surface area (Å²) in [6, 6.07) is 3.48. The quantitative estimate of drug-likeness (QED) is 0.633. The average molecular weight is 362 g/mol. The van der Waals surface area contributed by atoms with Crippen LogP contribution in [0, 0.1) is 17.7 Å². The highest BCUT2D eigenvalue weighted by atomic mass is 79.9. The molecule has 2 atom stereocenters. The summed E-state index contributed by atoms with van der Waals surface area (Å²) in [5, 5.41) is 0.0900. The Morgan fingerprint density at radius 3 is 2.60 bits per heavy atom. The number of Topliss-reactive ketones (excluding diaryl/α,β-unsaturated/α-hetero) is 1. The van der Waals surface area contributed by atoms with Crippen LogP contribution in [0.5, 0.6) is 0 Å². The number of hydrogen-bond acceptors (Lipinski definition) is 1. The van der Waals surface area contributed by atoms with E-state index in [-0.39, 0.29) is 16.7 Å².